The maximum absolute atomic E-state index is 11.9. The van der Waals surface area contributed by atoms with Crippen LogP contribution >= 0.6 is 0 Å². The smallest absolute Gasteiger partial charge is 0.465 e. The Morgan fingerprint density at radius 3 is 2.06 bits per heavy atom. The zero-order valence-electron chi connectivity index (χ0n) is 8.12. The Kier molecular flexibility index (Phi) is 3.94. The van der Waals surface area contributed by atoms with Crippen molar-refractivity contribution in [1.82, 2.24) is 0 Å². The number of rotatable bonds is 3. The molecule has 1 amide bonds. The van der Waals surface area contributed by atoms with E-state index in [1.807, 2.05) is 5.32 Å². The lowest BCUT2D eigenvalue weighted by molar-refractivity contribution is -0.0379. The van der Waals surface area contributed by atoms with Gasteiger partial charge in [-0.05, 0) is 24.3 Å². The molecule has 0 aromatic heterocycles. The minimum absolute atomic E-state index is 0.0309. The van der Waals surface area contributed by atoms with Crippen LogP contribution in [0.2, 0.25) is 0 Å². The first-order valence-corrected chi connectivity index (χ1v) is 5.29. The van der Waals surface area contributed by atoms with Crippen LogP contribution in [0, 0.1) is 0 Å². The molecule has 9 heteroatoms. The molecule has 5 nitrogen and oxygen atoms in total. The number of nitrogens with one attached hydrogen (secondary N) is 2. The van der Waals surface area contributed by atoms with Gasteiger partial charge in [-0.3, -0.25) is 10.0 Å². The molecule has 0 saturated heterocycles. The highest BCUT2D eigenvalue weighted by Gasteiger charge is 2.37. The van der Waals surface area contributed by atoms with Gasteiger partial charge in [-0.2, -0.15) is 13.2 Å². The molecule has 17 heavy (non-hydrogen) atoms. The van der Waals surface area contributed by atoms with Gasteiger partial charge in [0.25, 0.3) is 0 Å². The third-order valence-electron chi connectivity index (χ3n) is 1.56. The maximum atomic E-state index is 11.9. The number of halogens is 3. The van der Waals surface area contributed by atoms with E-state index in [0.717, 1.165) is 0 Å². The summed E-state index contributed by atoms with van der Waals surface area (Å²) in [6.45, 7) is 0. The molecule has 1 unspecified atom stereocenters. The highest BCUT2D eigenvalue weighted by atomic mass is 32.2. The van der Waals surface area contributed by atoms with E-state index >= 15 is 0 Å². The Hall–Kier alpha value is -1.77. The van der Waals surface area contributed by atoms with Crippen molar-refractivity contribution >= 4 is 28.5 Å². The molecular formula is C8H7F3N2O3S. The molecule has 0 saturated carbocycles. The maximum Gasteiger partial charge on any atom is 0.490 e. The fourth-order valence-electron chi connectivity index (χ4n) is 0.910. The quantitative estimate of drug-likeness (QED) is 0.787. The first kappa shape index (κ1) is 13.3. The van der Waals surface area contributed by atoms with Gasteiger partial charge in [0.2, 0.25) is 11.0 Å². The number of benzene rings is 1. The number of hydrogen-bond donors (Lipinski definition) is 3. The van der Waals surface area contributed by atoms with Crippen LogP contribution < -0.4 is 10.0 Å². The van der Waals surface area contributed by atoms with Crippen molar-refractivity contribution in [3.63, 3.8) is 0 Å². The number of hydrogen-bond acceptors (Lipinski definition) is 2. The van der Waals surface area contributed by atoms with Crippen LogP contribution in [0.4, 0.5) is 29.3 Å². The molecule has 0 aliphatic carbocycles. The molecule has 1 rings (SSSR count). The topological polar surface area (TPSA) is 78.4 Å². The van der Waals surface area contributed by atoms with E-state index in [2.05, 4.69) is 0 Å². The van der Waals surface area contributed by atoms with E-state index in [-0.39, 0.29) is 11.4 Å². The largest absolute Gasteiger partial charge is 0.490 e. The zero-order valence-corrected chi connectivity index (χ0v) is 8.93. The molecule has 1 atom stereocenters. The van der Waals surface area contributed by atoms with E-state index in [9.17, 15) is 22.2 Å². The summed E-state index contributed by atoms with van der Waals surface area (Å²) >= 11 is 0. The second kappa shape index (κ2) is 5.04. The third kappa shape index (κ3) is 4.31. The van der Waals surface area contributed by atoms with Crippen molar-refractivity contribution in [2.75, 3.05) is 10.0 Å². The predicted octanol–water partition coefficient (Wildman–Crippen LogP) is 2.37. The number of anilines is 2. The first-order valence-electron chi connectivity index (χ1n) is 4.14. The van der Waals surface area contributed by atoms with Gasteiger partial charge in [0.05, 0.1) is 0 Å². The Balaban J connectivity index is 2.69. The van der Waals surface area contributed by atoms with Crippen LogP contribution in [-0.4, -0.2) is 20.9 Å². The molecule has 3 N–H and O–H groups in total. The molecule has 0 fully saturated rings. The van der Waals surface area contributed by atoms with Gasteiger partial charge in [0.15, 0.2) is 0 Å². The van der Waals surface area contributed by atoms with Gasteiger partial charge in [0, 0.05) is 11.4 Å². The number of carboxylic acid groups (broad SMARTS) is 1. The summed E-state index contributed by atoms with van der Waals surface area (Å²) in [6.07, 6.45) is -1.29. The lowest BCUT2D eigenvalue weighted by Gasteiger charge is -2.09. The summed E-state index contributed by atoms with van der Waals surface area (Å²) in [5.74, 6) is 0. The molecule has 94 valence electrons. The molecule has 1 aromatic carbocycles. The minimum Gasteiger partial charge on any atom is -0.465 e. The number of alkyl halides is 3. The fraction of sp³-hybridized carbons (Fsp3) is 0.125. The molecule has 0 radical (unpaired) electrons. The lowest BCUT2D eigenvalue weighted by Crippen LogP contribution is -2.22. The van der Waals surface area contributed by atoms with Crippen molar-refractivity contribution < 1.29 is 27.3 Å². The fourth-order valence-corrected chi connectivity index (χ4v) is 1.38. The van der Waals surface area contributed by atoms with E-state index < -0.39 is 22.6 Å². The van der Waals surface area contributed by atoms with Gasteiger partial charge in [0.1, 0.15) is 0 Å². The van der Waals surface area contributed by atoms with Crippen molar-refractivity contribution in [3.8, 4) is 0 Å². The predicted molar refractivity (Wildman–Crippen MR) is 55.9 cm³/mol. The Labute approximate surface area is 96.2 Å². The first-order chi connectivity index (χ1) is 7.79. The van der Waals surface area contributed by atoms with Crippen LogP contribution in [0.25, 0.3) is 0 Å². The van der Waals surface area contributed by atoms with Gasteiger partial charge in [-0.25, -0.2) is 9.00 Å². The Morgan fingerprint density at radius 1 is 1.18 bits per heavy atom. The summed E-state index contributed by atoms with van der Waals surface area (Å²) in [5.41, 5.74) is -4.68. The molecule has 0 spiro atoms. The second-order valence-electron chi connectivity index (χ2n) is 2.82. The third-order valence-corrected chi connectivity index (χ3v) is 2.40. The average Bonchev–Trinajstić information content (AvgIpc) is 2.18. The van der Waals surface area contributed by atoms with E-state index in [1.165, 1.54) is 24.3 Å². The number of carbonyl (C=O) groups is 1. The Bertz CT molecular complexity index is 433. The molecule has 0 heterocycles. The Morgan fingerprint density at radius 2 is 1.65 bits per heavy atom. The van der Waals surface area contributed by atoms with Crippen LogP contribution in [0.15, 0.2) is 24.3 Å². The summed E-state index contributed by atoms with van der Waals surface area (Å²) in [4.78, 5) is 10.2. The van der Waals surface area contributed by atoms with E-state index in [1.54, 1.807) is 4.72 Å². The van der Waals surface area contributed by atoms with Crippen LogP contribution in [0.3, 0.4) is 0 Å². The van der Waals surface area contributed by atoms with Gasteiger partial charge < -0.3 is 5.11 Å². The summed E-state index contributed by atoms with van der Waals surface area (Å²) in [5, 5.41) is 10.4. The lowest BCUT2D eigenvalue weighted by atomic mass is 10.3. The normalized spacial score (nSPS) is 12.9. The summed E-state index contributed by atoms with van der Waals surface area (Å²) in [6, 6.07) is 4.83. The highest BCUT2D eigenvalue weighted by molar-refractivity contribution is 7.87. The van der Waals surface area contributed by atoms with Crippen molar-refractivity contribution in [2.24, 2.45) is 0 Å². The minimum atomic E-state index is -4.85. The van der Waals surface area contributed by atoms with E-state index in [4.69, 9.17) is 5.11 Å². The monoisotopic (exact) mass is 268 g/mol. The van der Waals surface area contributed by atoms with Gasteiger partial charge in [-0.15, -0.1) is 0 Å². The van der Waals surface area contributed by atoms with Crippen LogP contribution in [0.1, 0.15) is 0 Å². The molecule has 0 bridgehead atoms. The summed E-state index contributed by atoms with van der Waals surface area (Å²) in [7, 11) is -3.19. The SMILES string of the molecule is O=C(O)Nc1ccc(NS(=O)C(F)(F)F)cc1. The van der Waals surface area contributed by atoms with Gasteiger partial charge in [-0.1, -0.05) is 0 Å². The zero-order chi connectivity index (χ0) is 13.1. The molecule has 0 aliphatic heterocycles. The van der Waals surface area contributed by atoms with E-state index in [0.29, 0.717) is 0 Å². The van der Waals surface area contributed by atoms with Crippen molar-refractivity contribution in [3.05, 3.63) is 24.3 Å². The second-order valence-corrected chi connectivity index (χ2v) is 4.03. The van der Waals surface area contributed by atoms with Crippen molar-refractivity contribution in [1.29, 1.82) is 0 Å². The highest BCUT2D eigenvalue weighted by Crippen LogP contribution is 2.22. The van der Waals surface area contributed by atoms with Gasteiger partial charge >= 0.3 is 11.6 Å². The van der Waals surface area contributed by atoms with Crippen LogP contribution in [0.5, 0.6) is 0 Å². The van der Waals surface area contributed by atoms with Crippen LogP contribution in [-0.2, 0) is 11.0 Å². The average molecular weight is 268 g/mol. The summed E-state index contributed by atoms with van der Waals surface area (Å²) < 4.78 is 48.2. The molecule has 1 aromatic rings. The number of amides is 1. The molecule has 0 aliphatic rings. The molecular weight excluding hydrogens is 261 g/mol. The standard InChI is InChI=1S/C8H7F3N2O3S/c9-8(10,11)17(16)13-6-3-1-5(2-4-6)12-7(14)15/h1-4,12-13H,(H,14,15). The van der Waals surface area contributed by atoms with Crippen molar-refractivity contribution in [2.45, 2.75) is 5.51 Å².